The molecule has 3 rings (SSSR count). The van der Waals surface area contributed by atoms with Crippen molar-refractivity contribution < 1.29 is 24.2 Å². The highest BCUT2D eigenvalue weighted by molar-refractivity contribution is 5.89. The Hall–Kier alpha value is -3.35. The first-order valence-electron chi connectivity index (χ1n) is 10.7. The summed E-state index contributed by atoms with van der Waals surface area (Å²) in [6, 6.07) is 16.1. The predicted octanol–water partition coefficient (Wildman–Crippen LogP) is 3.92. The van der Waals surface area contributed by atoms with Crippen LogP contribution in [-0.2, 0) is 14.3 Å². The number of benzene rings is 2. The Kier molecular flexibility index (Phi) is 6.57. The van der Waals surface area contributed by atoms with Crippen LogP contribution in [0.4, 0.5) is 4.79 Å². The van der Waals surface area contributed by atoms with Crippen LogP contribution >= 0.6 is 0 Å². The van der Waals surface area contributed by atoms with Gasteiger partial charge in [-0.15, -0.1) is 0 Å². The van der Waals surface area contributed by atoms with E-state index in [2.05, 4.69) is 22.8 Å². The molecule has 32 heavy (non-hydrogen) atoms. The Morgan fingerprint density at radius 3 is 2.00 bits per heavy atom. The number of amides is 2. The molecule has 0 spiro atoms. The molecule has 0 heterocycles. The molecule has 0 aliphatic heterocycles. The summed E-state index contributed by atoms with van der Waals surface area (Å²) in [6.45, 7) is 6.69. The molecule has 2 aromatic rings. The third kappa shape index (κ3) is 4.93. The zero-order valence-electron chi connectivity index (χ0n) is 18.9. The van der Waals surface area contributed by atoms with Crippen molar-refractivity contribution in [2.45, 2.75) is 45.6 Å². The van der Waals surface area contributed by atoms with Crippen LogP contribution < -0.4 is 10.6 Å². The van der Waals surface area contributed by atoms with E-state index >= 15 is 0 Å². The number of hydrogen-bond donors (Lipinski definition) is 3. The van der Waals surface area contributed by atoms with Gasteiger partial charge in [0.25, 0.3) is 0 Å². The van der Waals surface area contributed by atoms with Crippen molar-refractivity contribution >= 4 is 18.0 Å². The summed E-state index contributed by atoms with van der Waals surface area (Å²) in [5.74, 6) is -1.40. The van der Waals surface area contributed by atoms with Crippen LogP contribution in [0.1, 0.15) is 51.2 Å². The number of nitrogens with one attached hydrogen (secondary N) is 2. The van der Waals surface area contributed by atoms with Crippen molar-refractivity contribution in [1.29, 1.82) is 0 Å². The van der Waals surface area contributed by atoms with E-state index in [0.717, 1.165) is 22.3 Å². The van der Waals surface area contributed by atoms with Gasteiger partial charge in [-0.25, -0.2) is 4.79 Å². The normalized spacial score (nSPS) is 13.1. The number of aliphatic carboxylic acids is 1. The largest absolute Gasteiger partial charge is 0.481 e. The molecule has 0 saturated carbocycles. The minimum atomic E-state index is -1.21. The Morgan fingerprint density at radius 1 is 0.938 bits per heavy atom. The molecular weight excluding hydrogens is 408 g/mol. The molecule has 0 fully saturated rings. The van der Waals surface area contributed by atoms with Gasteiger partial charge in [-0.05, 0) is 56.4 Å². The van der Waals surface area contributed by atoms with Gasteiger partial charge < -0.3 is 20.5 Å². The predicted molar refractivity (Wildman–Crippen MR) is 121 cm³/mol. The summed E-state index contributed by atoms with van der Waals surface area (Å²) in [7, 11) is 0. The summed E-state index contributed by atoms with van der Waals surface area (Å²) in [5, 5.41) is 14.5. The van der Waals surface area contributed by atoms with Gasteiger partial charge in [0, 0.05) is 12.5 Å². The zero-order valence-corrected chi connectivity index (χ0v) is 18.9. The average molecular weight is 439 g/mol. The summed E-state index contributed by atoms with van der Waals surface area (Å²) in [4.78, 5) is 36.2. The third-order valence-electron chi connectivity index (χ3n) is 5.94. The molecule has 0 bridgehead atoms. The smallest absolute Gasteiger partial charge is 0.408 e. The summed E-state index contributed by atoms with van der Waals surface area (Å²) >= 11 is 0. The molecule has 1 aliphatic rings. The standard InChI is InChI=1S/C25H30N2O5/c1-24(2,22(29)30)13-14-26-21(28)25(3,4)27-23(31)32-15-20-18-11-7-5-9-16(18)17-10-6-8-12-19(17)20/h5-12,20H,13-15H2,1-4H3,(H,26,28)(H,27,31)(H,29,30). The first kappa shape index (κ1) is 23.3. The molecule has 3 N–H and O–H groups in total. The lowest BCUT2D eigenvalue weighted by molar-refractivity contribution is -0.147. The van der Waals surface area contributed by atoms with Crippen LogP contribution in [0.25, 0.3) is 11.1 Å². The second kappa shape index (κ2) is 9.02. The van der Waals surface area contributed by atoms with E-state index in [1.165, 1.54) is 0 Å². The summed E-state index contributed by atoms with van der Waals surface area (Å²) < 4.78 is 5.51. The lowest BCUT2D eigenvalue weighted by Gasteiger charge is -2.26. The number of fused-ring (bicyclic) bond motifs is 3. The van der Waals surface area contributed by atoms with Gasteiger partial charge in [0.15, 0.2) is 0 Å². The topological polar surface area (TPSA) is 105 Å². The van der Waals surface area contributed by atoms with E-state index in [0.29, 0.717) is 0 Å². The van der Waals surface area contributed by atoms with Gasteiger partial charge in [-0.1, -0.05) is 48.5 Å². The number of carboxylic acid groups (broad SMARTS) is 1. The quantitative estimate of drug-likeness (QED) is 0.579. The van der Waals surface area contributed by atoms with Gasteiger partial charge in [0.2, 0.25) is 5.91 Å². The van der Waals surface area contributed by atoms with E-state index in [1.54, 1.807) is 27.7 Å². The summed E-state index contributed by atoms with van der Waals surface area (Å²) in [6.07, 6.45) is -0.410. The number of hydrogen-bond acceptors (Lipinski definition) is 4. The lowest BCUT2D eigenvalue weighted by atomic mass is 9.89. The van der Waals surface area contributed by atoms with Crippen LogP contribution in [0.15, 0.2) is 48.5 Å². The Morgan fingerprint density at radius 2 is 1.47 bits per heavy atom. The van der Waals surface area contributed by atoms with Crippen molar-refractivity contribution in [3.63, 3.8) is 0 Å². The molecule has 7 nitrogen and oxygen atoms in total. The SMILES string of the molecule is CC(C)(CCNC(=O)C(C)(C)NC(=O)OCC1c2ccccc2-c2ccccc21)C(=O)O. The molecular formula is C25H30N2O5. The molecule has 7 heteroatoms. The van der Waals surface area contributed by atoms with Crippen LogP contribution in [0.2, 0.25) is 0 Å². The molecule has 0 aromatic heterocycles. The number of carboxylic acids is 1. The third-order valence-corrected chi connectivity index (χ3v) is 5.94. The Balaban J connectivity index is 1.56. The lowest BCUT2D eigenvalue weighted by Crippen LogP contribution is -2.55. The minimum absolute atomic E-state index is 0.0664. The molecule has 1 aliphatic carbocycles. The van der Waals surface area contributed by atoms with E-state index in [4.69, 9.17) is 4.74 Å². The zero-order chi connectivity index (χ0) is 23.5. The van der Waals surface area contributed by atoms with Crippen molar-refractivity contribution in [1.82, 2.24) is 10.6 Å². The van der Waals surface area contributed by atoms with Crippen LogP contribution in [-0.4, -0.2) is 41.8 Å². The van der Waals surface area contributed by atoms with Crippen molar-refractivity contribution in [2.24, 2.45) is 5.41 Å². The fourth-order valence-corrected chi connectivity index (χ4v) is 3.76. The second-order valence-electron chi connectivity index (χ2n) is 9.27. The number of ether oxygens (including phenoxy) is 1. The molecule has 2 amide bonds. The fraction of sp³-hybridized carbons (Fsp3) is 0.400. The number of carbonyl (C=O) groups excluding carboxylic acids is 2. The molecule has 0 unspecified atom stereocenters. The molecule has 0 saturated heterocycles. The second-order valence-corrected chi connectivity index (χ2v) is 9.27. The summed E-state index contributed by atoms with van der Waals surface area (Å²) in [5.41, 5.74) is 2.34. The highest BCUT2D eigenvalue weighted by Crippen LogP contribution is 2.44. The van der Waals surface area contributed by atoms with E-state index < -0.39 is 28.9 Å². The van der Waals surface area contributed by atoms with Gasteiger partial charge in [0.05, 0.1) is 5.41 Å². The maximum Gasteiger partial charge on any atom is 0.408 e. The number of alkyl carbamates (subject to hydrolysis) is 1. The van der Waals surface area contributed by atoms with Crippen LogP contribution in [0, 0.1) is 5.41 Å². The maximum absolute atomic E-state index is 12.5. The van der Waals surface area contributed by atoms with E-state index in [1.807, 2.05) is 36.4 Å². The maximum atomic E-state index is 12.5. The molecule has 0 radical (unpaired) electrons. The highest BCUT2D eigenvalue weighted by Gasteiger charge is 2.33. The molecule has 0 atom stereocenters. The van der Waals surface area contributed by atoms with Crippen molar-refractivity contribution in [3.05, 3.63) is 59.7 Å². The first-order valence-corrected chi connectivity index (χ1v) is 10.7. The van der Waals surface area contributed by atoms with Gasteiger partial charge in [-0.3, -0.25) is 9.59 Å². The molecule has 2 aromatic carbocycles. The first-order chi connectivity index (χ1) is 15.0. The van der Waals surface area contributed by atoms with Crippen molar-refractivity contribution in [2.75, 3.05) is 13.2 Å². The van der Waals surface area contributed by atoms with Gasteiger partial charge in [0.1, 0.15) is 12.1 Å². The number of rotatable bonds is 8. The van der Waals surface area contributed by atoms with E-state index in [-0.39, 0.29) is 25.5 Å². The molecule has 170 valence electrons. The average Bonchev–Trinajstić information content (AvgIpc) is 3.05. The van der Waals surface area contributed by atoms with Gasteiger partial charge in [-0.2, -0.15) is 0 Å². The van der Waals surface area contributed by atoms with Crippen LogP contribution in [0.3, 0.4) is 0 Å². The Labute approximate surface area is 188 Å². The van der Waals surface area contributed by atoms with Crippen molar-refractivity contribution in [3.8, 4) is 11.1 Å². The number of carbonyl (C=O) groups is 3. The fourth-order valence-electron chi connectivity index (χ4n) is 3.76. The monoisotopic (exact) mass is 438 g/mol. The Bertz CT molecular complexity index is 983. The van der Waals surface area contributed by atoms with Crippen LogP contribution in [0.5, 0.6) is 0 Å². The highest BCUT2D eigenvalue weighted by atomic mass is 16.5. The van der Waals surface area contributed by atoms with E-state index in [9.17, 15) is 19.5 Å². The minimum Gasteiger partial charge on any atom is -0.481 e. The van der Waals surface area contributed by atoms with Gasteiger partial charge >= 0.3 is 12.1 Å².